The Morgan fingerprint density at radius 1 is 1.17 bits per heavy atom. The molecular formula is C20H12ClN3. The average Bonchev–Trinajstić information content (AvgIpc) is 3.02. The summed E-state index contributed by atoms with van der Waals surface area (Å²) in [4.78, 5) is 7.34. The van der Waals surface area contributed by atoms with Crippen molar-refractivity contribution in [3.8, 4) is 6.07 Å². The smallest absolute Gasteiger partial charge is 0.0998 e. The molecule has 0 radical (unpaired) electrons. The van der Waals surface area contributed by atoms with Gasteiger partial charge in [-0.1, -0.05) is 29.8 Å². The van der Waals surface area contributed by atoms with E-state index < -0.39 is 0 Å². The second-order valence-corrected chi connectivity index (χ2v) is 5.94. The molecule has 4 heteroatoms. The van der Waals surface area contributed by atoms with E-state index in [1.165, 1.54) is 0 Å². The fourth-order valence-electron chi connectivity index (χ4n) is 2.91. The molecule has 0 aliphatic heterocycles. The Morgan fingerprint density at radius 2 is 2.08 bits per heavy atom. The van der Waals surface area contributed by atoms with Crippen molar-refractivity contribution in [2.45, 2.75) is 0 Å². The van der Waals surface area contributed by atoms with Gasteiger partial charge in [-0.15, -0.1) is 0 Å². The molecular weight excluding hydrogens is 318 g/mol. The summed E-state index contributed by atoms with van der Waals surface area (Å²) in [7, 11) is 0. The molecule has 2 heterocycles. The highest BCUT2D eigenvalue weighted by Gasteiger charge is 2.10. The number of nitriles is 1. The molecule has 0 spiro atoms. The number of rotatable bonds is 2. The summed E-state index contributed by atoms with van der Waals surface area (Å²) >= 11 is 6.11. The zero-order valence-corrected chi connectivity index (χ0v) is 13.4. The van der Waals surface area contributed by atoms with Gasteiger partial charge in [0.1, 0.15) is 0 Å². The Labute approximate surface area is 143 Å². The van der Waals surface area contributed by atoms with Crippen LogP contribution in [0.25, 0.3) is 33.3 Å². The number of pyridine rings is 1. The van der Waals surface area contributed by atoms with Gasteiger partial charge in [-0.05, 0) is 41.3 Å². The molecule has 0 atom stereocenters. The van der Waals surface area contributed by atoms with Crippen molar-refractivity contribution in [2.75, 3.05) is 0 Å². The number of halogens is 1. The van der Waals surface area contributed by atoms with Crippen molar-refractivity contribution < 1.29 is 0 Å². The van der Waals surface area contributed by atoms with E-state index in [2.05, 4.69) is 16.0 Å². The number of fused-ring (bicyclic) bond motifs is 2. The van der Waals surface area contributed by atoms with E-state index in [9.17, 15) is 5.26 Å². The number of aromatic amines is 1. The Morgan fingerprint density at radius 3 is 2.96 bits per heavy atom. The average molecular weight is 330 g/mol. The molecule has 2 aromatic heterocycles. The topological polar surface area (TPSA) is 52.5 Å². The molecule has 0 aliphatic rings. The number of allylic oxidation sites excluding steroid dienone is 1. The fraction of sp³-hybridized carbons (Fsp3) is 0. The maximum Gasteiger partial charge on any atom is 0.0998 e. The van der Waals surface area contributed by atoms with E-state index in [0.29, 0.717) is 10.6 Å². The number of aromatic nitrogens is 2. The van der Waals surface area contributed by atoms with E-state index >= 15 is 0 Å². The Hall–Kier alpha value is -3.09. The van der Waals surface area contributed by atoms with E-state index in [4.69, 9.17) is 11.6 Å². The van der Waals surface area contributed by atoms with Gasteiger partial charge in [-0.3, -0.25) is 4.98 Å². The van der Waals surface area contributed by atoms with E-state index in [0.717, 1.165) is 32.8 Å². The molecule has 4 aromatic rings. The molecule has 0 amide bonds. The largest absolute Gasteiger partial charge is 0.361 e. The van der Waals surface area contributed by atoms with Gasteiger partial charge in [0.25, 0.3) is 0 Å². The third kappa shape index (κ3) is 2.44. The predicted molar refractivity (Wildman–Crippen MR) is 98.5 cm³/mol. The van der Waals surface area contributed by atoms with E-state index in [1.807, 2.05) is 60.9 Å². The molecule has 2 aromatic carbocycles. The van der Waals surface area contributed by atoms with E-state index in [-0.39, 0.29) is 0 Å². The Balaban J connectivity index is 1.93. The van der Waals surface area contributed by atoms with E-state index in [1.54, 1.807) is 6.20 Å². The minimum atomic E-state index is 0.591. The molecule has 24 heavy (non-hydrogen) atoms. The van der Waals surface area contributed by atoms with Gasteiger partial charge in [-0.25, -0.2) is 0 Å². The van der Waals surface area contributed by atoms with Crippen LogP contribution in [0, 0.1) is 11.3 Å². The van der Waals surface area contributed by atoms with Gasteiger partial charge < -0.3 is 4.98 Å². The van der Waals surface area contributed by atoms with Gasteiger partial charge in [0.05, 0.1) is 11.6 Å². The third-order valence-corrected chi connectivity index (χ3v) is 4.30. The first kappa shape index (κ1) is 14.5. The lowest BCUT2D eigenvalue weighted by Gasteiger charge is -2.03. The zero-order valence-electron chi connectivity index (χ0n) is 12.6. The number of nitrogens with zero attached hydrogens (tertiary/aromatic N) is 2. The molecule has 4 rings (SSSR count). The van der Waals surface area contributed by atoms with Gasteiger partial charge in [0.15, 0.2) is 0 Å². The standard InChI is InChI=1S/C20H12ClN3/c21-16-4-5-20-18(9-16)19(12-24-20)15(10-22)8-13-2-1-3-14-11-23-7-6-17(13)14/h1-9,11-12,24H/b15-8+. The monoisotopic (exact) mass is 329 g/mol. The second kappa shape index (κ2) is 5.84. The first-order valence-electron chi connectivity index (χ1n) is 7.48. The fourth-order valence-corrected chi connectivity index (χ4v) is 3.09. The van der Waals surface area contributed by atoms with Crippen molar-refractivity contribution >= 4 is 44.9 Å². The molecule has 0 aliphatic carbocycles. The van der Waals surface area contributed by atoms with Crippen LogP contribution in [0.3, 0.4) is 0 Å². The van der Waals surface area contributed by atoms with Gasteiger partial charge in [0.2, 0.25) is 0 Å². The normalized spacial score (nSPS) is 11.8. The summed E-state index contributed by atoms with van der Waals surface area (Å²) in [5, 5.41) is 13.4. The van der Waals surface area contributed by atoms with Crippen molar-refractivity contribution in [2.24, 2.45) is 0 Å². The maximum atomic E-state index is 9.68. The highest BCUT2D eigenvalue weighted by atomic mass is 35.5. The van der Waals surface area contributed by atoms with Crippen LogP contribution >= 0.6 is 11.6 Å². The van der Waals surface area contributed by atoms with Gasteiger partial charge in [-0.2, -0.15) is 5.26 Å². The molecule has 3 nitrogen and oxygen atoms in total. The number of hydrogen-bond donors (Lipinski definition) is 1. The lowest BCUT2D eigenvalue weighted by Crippen LogP contribution is -1.83. The van der Waals surface area contributed by atoms with Gasteiger partial charge in [0, 0.05) is 45.5 Å². The first-order chi connectivity index (χ1) is 11.8. The highest BCUT2D eigenvalue weighted by Crippen LogP contribution is 2.30. The Kier molecular flexibility index (Phi) is 3.53. The Bertz CT molecular complexity index is 1130. The van der Waals surface area contributed by atoms with Crippen molar-refractivity contribution in [1.29, 1.82) is 5.26 Å². The van der Waals surface area contributed by atoms with Gasteiger partial charge >= 0.3 is 0 Å². The predicted octanol–water partition coefficient (Wildman–Crippen LogP) is 5.43. The van der Waals surface area contributed by atoms with Crippen LogP contribution in [0.2, 0.25) is 5.02 Å². The number of hydrogen-bond acceptors (Lipinski definition) is 2. The van der Waals surface area contributed by atoms with Crippen LogP contribution in [0.15, 0.2) is 61.1 Å². The summed E-state index contributed by atoms with van der Waals surface area (Å²) in [6.45, 7) is 0. The van der Waals surface area contributed by atoms with Crippen molar-refractivity contribution in [1.82, 2.24) is 9.97 Å². The quantitative estimate of drug-likeness (QED) is 0.498. The summed E-state index contributed by atoms with van der Waals surface area (Å²) in [6.07, 6.45) is 7.34. The number of nitrogens with one attached hydrogen (secondary N) is 1. The van der Waals surface area contributed by atoms with Crippen LogP contribution in [-0.2, 0) is 0 Å². The molecule has 0 fully saturated rings. The number of H-pyrrole nitrogens is 1. The SMILES string of the molecule is N#C/C(=C\c1cccc2cnccc12)c1c[nH]c2ccc(Cl)cc12. The molecule has 0 bridgehead atoms. The molecule has 1 N–H and O–H groups in total. The minimum absolute atomic E-state index is 0.591. The lowest BCUT2D eigenvalue weighted by atomic mass is 10.00. The lowest BCUT2D eigenvalue weighted by molar-refractivity contribution is 1.36. The first-order valence-corrected chi connectivity index (χ1v) is 7.85. The minimum Gasteiger partial charge on any atom is -0.361 e. The molecule has 114 valence electrons. The summed E-state index contributed by atoms with van der Waals surface area (Å²) in [5.74, 6) is 0. The highest BCUT2D eigenvalue weighted by molar-refractivity contribution is 6.31. The summed E-state index contributed by atoms with van der Waals surface area (Å²) in [6, 6.07) is 15.9. The molecule has 0 unspecified atom stereocenters. The van der Waals surface area contributed by atoms with Crippen LogP contribution < -0.4 is 0 Å². The zero-order chi connectivity index (χ0) is 16.5. The number of benzene rings is 2. The van der Waals surface area contributed by atoms with Crippen molar-refractivity contribution in [3.05, 3.63) is 77.2 Å². The molecule has 0 saturated carbocycles. The van der Waals surface area contributed by atoms with Crippen LogP contribution in [0.5, 0.6) is 0 Å². The second-order valence-electron chi connectivity index (χ2n) is 5.51. The third-order valence-electron chi connectivity index (χ3n) is 4.07. The molecule has 0 saturated heterocycles. The van der Waals surface area contributed by atoms with Crippen LogP contribution in [-0.4, -0.2) is 9.97 Å². The summed E-state index contributed by atoms with van der Waals surface area (Å²) in [5.41, 5.74) is 3.38. The van der Waals surface area contributed by atoms with Crippen molar-refractivity contribution in [3.63, 3.8) is 0 Å². The van der Waals surface area contributed by atoms with Crippen LogP contribution in [0.4, 0.5) is 0 Å². The maximum absolute atomic E-state index is 9.68. The van der Waals surface area contributed by atoms with Crippen LogP contribution in [0.1, 0.15) is 11.1 Å². The summed E-state index contributed by atoms with van der Waals surface area (Å²) < 4.78 is 0.